The van der Waals surface area contributed by atoms with E-state index < -0.39 is 23.9 Å². The van der Waals surface area contributed by atoms with Gasteiger partial charge in [-0.3, -0.25) is 9.59 Å². The van der Waals surface area contributed by atoms with Crippen LogP contribution in [0.1, 0.15) is 50.6 Å². The molecule has 194 valence electrons. The number of hydrogen-bond donors (Lipinski definition) is 2. The zero-order valence-electron chi connectivity index (χ0n) is 20.6. The van der Waals surface area contributed by atoms with Crippen LogP contribution < -0.4 is 15.5 Å². The van der Waals surface area contributed by atoms with Gasteiger partial charge in [0.05, 0.1) is 28.4 Å². The number of benzene rings is 2. The van der Waals surface area contributed by atoms with Crippen LogP contribution in [0.15, 0.2) is 47.6 Å². The summed E-state index contributed by atoms with van der Waals surface area (Å²) in [6, 6.07) is 11.3. The quantitative estimate of drug-likeness (QED) is 0.189. The highest BCUT2D eigenvalue weighted by Crippen LogP contribution is 2.33. The molecule has 0 saturated heterocycles. The van der Waals surface area contributed by atoms with Crippen molar-refractivity contribution in [2.24, 2.45) is 5.10 Å². The largest absolute Gasteiger partial charge is 0.481 e. The van der Waals surface area contributed by atoms with Gasteiger partial charge in [0.15, 0.2) is 6.10 Å². The predicted molar refractivity (Wildman–Crippen MR) is 146 cm³/mol. The summed E-state index contributed by atoms with van der Waals surface area (Å²) in [6.45, 7) is 7.21. The molecule has 0 spiro atoms. The van der Waals surface area contributed by atoms with E-state index in [-0.39, 0.29) is 6.61 Å². The zero-order valence-corrected chi connectivity index (χ0v) is 22.9. The smallest absolute Gasteiger partial charge is 0.341 e. The SMILES string of the molecule is CCOC(=O)c1c(NC(=O)c2ccc(OC(C)C(=O)N/N=C/c3c(Cl)cccc3Cl)cc2)sc(C)c1C. The summed E-state index contributed by atoms with van der Waals surface area (Å²) in [4.78, 5) is 38.4. The molecule has 0 aliphatic heterocycles. The standard InChI is InChI=1S/C26H25Cl2N3O5S/c1-5-35-26(34)22-14(2)16(4)37-25(22)30-24(33)17-9-11-18(12-10-17)36-15(3)23(32)31-29-13-19-20(27)7-6-8-21(19)28/h6-13,15H,5H2,1-4H3,(H,30,33)(H,31,32)/b29-13+. The predicted octanol–water partition coefficient (Wildman–Crippen LogP) is 6.02. The minimum atomic E-state index is -0.872. The van der Waals surface area contributed by atoms with Gasteiger partial charge in [-0.1, -0.05) is 29.3 Å². The van der Waals surface area contributed by atoms with Crippen LogP contribution in [0.5, 0.6) is 5.75 Å². The van der Waals surface area contributed by atoms with Gasteiger partial charge in [0.25, 0.3) is 11.8 Å². The number of amides is 2. The van der Waals surface area contributed by atoms with Crippen molar-refractivity contribution >= 4 is 63.5 Å². The number of aryl methyl sites for hydroxylation is 1. The molecule has 37 heavy (non-hydrogen) atoms. The van der Waals surface area contributed by atoms with E-state index in [1.165, 1.54) is 17.6 Å². The first kappa shape index (κ1) is 28.2. The van der Waals surface area contributed by atoms with Gasteiger partial charge in [-0.2, -0.15) is 5.10 Å². The van der Waals surface area contributed by atoms with Crippen molar-refractivity contribution in [3.8, 4) is 5.75 Å². The normalized spacial score (nSPS) is 11.7. The van der Waals surface area contributed by atoms with E-state index in [4.69, 9.17) is 32.7 Å². The Morgan fingerprint density at radius 2 is 1.73 bits per heavy atom. The Balaban J connectivity index is 1.60. The summed E-state index contributed by atoms with van der Waals surface area (Å²) >= 11 is 13.5. The lowest BCUT2D eigenvalue weighted by Crippen LogP contribution is -2.33. The average molecular weight is 562 g/mol. The van der Waals surface area contributed by atoms with Gasteiger partial charge in [-0.05, 0) is 69.7 Å². The molecule has 0 bridgehead atoms. The number of nitrogens with one attached hydrogen (secondary N) is 2. The number of halogens is 2. The monoisotopic (exact) mass is 561 g/mol. The van der Waals surface area contributed by atoms with Gasteiger partial charge in [-0.15, -0.1) is 11.3 Å². The Hall–Kier alpha value is -3.40. The summed E-state index contributed by atoms with van der Waals surface area (Å²) < 4.78 is 10.8. The van der Waals surface area contributed by atoms with Gasteiger partial charge < -0.3 is 14.8 Å². The van der Waals surface area contributed by atoms with Gasteiger partial charge in [0.1, 0.15) is 10.8 Å². The molecule has 0 aliphatic carbocycles. The molecule has 2 N–H and O–H groups in total. The molecule has 0 aliphatic rings. The maximum absolute atomic E-state index is 12.8. The molecule has 11 heteroatoms. The summed E-state index contributed by atoms with van der Waals surface area (Å²) in [5, 5.41) is 7.91. The lowest BCUT2D eigenvalue weighted by molar-refractivity contribution is -0.127. The van der Waals surface area contributed by atoms with Crippen molar-refractivity contribution in [2.45, 2.75) is 33.8 Å². The van der Waals surface area contributed by atoms with Crippen LogP contribution in [0, 0.1) is 13.8 Å². The lowest BCUT2D eigenvalue weighted by atomic mass is 10.1. The van der Waals surface area contributed by atoms with Crippen molar-refractivity contribution in [1.82, 2.24) is 5.43 Å². The van der Waals surface area contributed by atoms with Gasteiger partial charge in [0.2, 0.25) is 0 Å². The third-order valence-corrected chi connectivity index (χ3v) is 7.04. The molecule has 1 atom stereocenters. The number of ether oxygens (including phenoxy) is 2. The number of esters is 1. The number of anilines is 1. The molecule has 8 nitrogen and oxygen atoms in total. The number of hydrogen-bond acceptors (Lipinski definition) is 7. The van der Waals surface area contributed by atoms with Gasteiger partial charge in [0, 0.05) is 16.0 Å². The Morgan fingerprint density at radius 1 is 1.08 bits per heavy atom. The molecule has 2 amide bonds. The molecule has 0 fully saturated rings. The van der Waals surface area contributed by atoms with Crippen molar-refractivity contribution < 1.29 is 23.9 Å². The fourth-order valence-electron chi connectivity index (χ4n) is 3.17. The highest BCUT2D eigenvalue weighted by atomic mass is 35.5. The summed E-state index contributed by atoms with van der Waals surface area (Å²) in [7, 11) is 0. The summed E-state index contributed by atoms with van der Waals surface area (Å²) in [5.41, 5.74) is 4.34. The average Bonchev–Trinajstić information content (AvgIpc) is 3.13. The van der Waals surface area contributed by atoms with Gasteiger partial charge >= 0.3 is 5.97 Å². The molecule has 1 unspecified atom stereocenters. The highest BCUT2D eigenvalue weighted by molar-refractivity contribution is 7.16. The summed E-state index contributed by atoms with van der Waals surface area (Å²) in [5.74, 6) is -0.977. The minimum Gasteiger partial charge on any atom is -0.481 e. The van der Waals surface area contributed by atoms with Crippen molar-refractivity contribution in [1.29, 1.82) is 0 Å². The maximum atomic E-state index is 12.8. The number of carbonyl (C=O) groups excluding carboxylic acids is 3. The van der Waals surface area contributed by atoms with Gasteiger partial charge in [-0.25, -0.2) is 10.2 Å². The first-order valence-electron chi connectivity index (χ1n) is 11.2. The minimum absolute atomic E-state index is 0.237. The fraction of sp³-hybridized carbons (Fsp3) is 0.231. The molecule has 3 aromatic rings. The van der Waals surface area contributed by atoms with Crippen LogP contribution in [0.2, 0.25) is 10.0 Å². The summed E-state index contributed by atoms with van der Waals surface area (Å²) in [6.07, 6.45) is 0.481. The molecule has 0 saturated carbocycles. The Bertz CT molecular complexity index is 1320. The second kappa shape index (κ2) is 12.7. The molecular formula is C26H25Cl2N3O5S. The number of rotatable bonds is 9. The molecule has 1 aromatic heterocycles. The highest BCUT2D eigenvalue weighted by Gasteiger charge is 2.22. The fourth-order valence-corrected chi connectivity index (χ4v) is 4.71. The molecule has 2 aromatic carbocycles. The maximum Gasteiger partial charge on any atom is 0.341 e. The van der Waals surface area contributed by atoms with Crippen molar-refractivity contribution in [2.75, 3.05) is 11.9 Å². The number of nitrogens with zero attached hydrogens (tertiary/aromatic N) is 1. The van der Waals surface area contributed by atoms with Crippen LogP contribution in [0.3, 0.4) is 0 Å². The second-order valence-corrected chi connectivity index (χ2v) is 9.86. The first-order chi connectivity index (χ1) is 17.6. The van der Waals surface area contributed by atoms with Crippen molar-refractivity contribution in [3.63, 3.8) is 0 Å². The van der Waals surface area contributed by atoms with E-state index in [9.17, 15) is 14.4 Å². The van der Waals surface area contributed by atoms with E-state index in [1.807, 2.05) is 13.8 Å². The van der Waals surface area contributed by atoms with Crippen LogP contribution in [0.25, 0.3) is 0 Å². The Labute approximate surface area is 228 Å². The lowest BCUT2D eigenvalue weighted by Gasteiger charge is -2.13. The van der Waals surface area contributed by atoms with E-state index in [2.05, 4.69) is 15.8 Å². The topological polar surface area (TPSA) is 106 Å². The number of thiophene rings is 1. The Kier molecular flexibility index (Phi) is 9.68. The molecule has 0 radical (unpaired) electrons. The van der Waals surface area contributed by atoms with E-state index >= 15 is 0 Å². The van der Waals surface area contributed by atoms with Crippen LogP contribution >= 0.6 is 34.5 Å². The van der Waals surface area contributed by atoms with Crippen LogP contribution in [-0.4, -0.2) is 36.7 Å². The van der Waals surface area contributed by atoms with Crippen molar-refractivity contribution in [3.05, 3.63) is 79.6 Å². The second-order valence-electron chi connectivity index (χ2n) is 7.82. The third-order valence-electron chi connectivity index (χ3n) is 5.26. The van der Waals surface area contributed by atoms with E-state index in [0.717, 1.165) is 10.4 Å². The first-order valence-corrected chi connectivity index (χ1v) is 12.8. The van der Waals surface area contributed by atoms with Crippen LogP contribution in [-0.2, 0) is 9.53 Å². The molecular weight excluding hydrogens is 537 g/mol. The van der Waals surface area contributed by atoms with Crippen LogP contribution in [0.4, 0.5) is 5.00 Å². The van der Waals surface area contributed by atoms with E-state index in [0.29, 0.717) is 37.5 Å². The number of carbonyl (C=O) groups is 3. The molecule has 1 heterocycles. The third kappa shape index (κ3) is 7.09. The van der Waals surface area contributed by atoms with E-state index in [1.54, 1.807) is 56.3 Å². The zero-order chi connectivity index (χ0) is 27.1. The Morgan fingerprint density at radius 3 is 2.35 bits per heavy atom. The number of hydrazone groups is 1. The molecule has 3 rings (SSSR count).